The first-order valence-corrected chi connectivity index (χ1v) is 30.4. The average molecular weight is 969 g/mol. The number of amides is 1. The SMILES string of the molecule is CCCCCC/C=C\C/C=C\CCCCCCCCCC(=O)OCCCCCCCCCCCCCC/C=C\CCCCCCCCCC(=O)NC(CO)C(O)/C=C/CCCCCCCCCCC. The second-order valence-electron chi connectivity index (χ2n) is 20.7. The summed E-state index contributed by atoms with van der Waals surface area (Å²) in [5.74, 6) is -0.0728. The van der Waals surface area contributed by atoms with E-state index >= 15 is 0 Å². The number of carbonyl (C=O) groups excluding carboxylic acids is 2. The van der Waals surface area contributed by atoms with Crippen LogP contribution >= 0.6 is 0 Å². The Labute approximate surface area is 429 Å². The van der Waals surface area contributed by atoms with E-state index in [2.05, 4.69) is 55.6 Å². The van der Waals surface area contributed by atoms with Crippen LogP contribution in [0, 0.1) is 0 Å². The minimum Gasteiger partial charge on any atom is -0.466 e. The van der Waals surface area contributed by atoms with Gasteiger partial charge >= 0.3 is 5.97 Å². The van der Waals surface area contributed by atoms with Crippen LogP contribution in [0.4, 0.5) is 0 Å². The first-order chi connectivity index (χ1) is 34.0. The number of aliphatic hydroxyl groups excluding tert-OH is 2. The quantitative estimate of drug-likeness (QED) is 0.0321. The maximum atomic E-state index is 12.4. The maximum Gasteiger partial charge on any atom is 0.305 e. The summed E-state index contributed by atoms with van der Waals surface area (Å²) in [6, 6.07) is -0.632. The molecule has 0 spiro atoms. The van der Waals surface area contributed by atoms with Gasteiger partial charge in [0.15, 0.2) is 0 Å². The van der Waals surface area contributed by atoms with Crippen molar-refractivity contribution in [2.24, 2.45) is 0 Å². The third-order valence-electron chi connectivity index (χ3n) is 13.8. The van der Waals surface area contributed by atoms with Gasteiger partial charge in [-0.15, -0.1) is 0 Å². The van der Waals surface area contributed by atoms with Crippen molar-refractivity contribution in [3.8, 4) is 0 Å². The lowest BCUT2D eigenvalue weighted by atomic mass is 10.0. The van der Waals surface area contributed by atoms with Crippen molar-refractivity contribution in [2.45, 2.75) is 328 Å². The standard InChI is InChI=1S/C63H117NO5/c1-3-5-7-9-11-13-15-16-17-18-27-30-33-37-41-45-49-53-57-63(68)69-58-54-50-46-42-38-34-31-28-25-23-21-19-20-22-24-26-29-32-36-40-44-48-52-56-62(67)64-60(59-65)61(66)55-51-47-43-39-35-14-12-10-8-6-4-2/h13,15,17-18,22,24,51,55,60-61,65-66H,3-12,14,16,19-21,23,25-50,52-54,56-59H2,1-2H3,(H,64,67)/b15-13-,18-17-,24-22-,55-51+. The molecule has 0 aromatic carbocycles. The van der Waals surface area contributed by atoms with Crippen LogP contribution in [-0.2, 0) is 14.3 Å². The van der Waals surface area contributed by atoms with Crippen molar-refractivity contribution in [3.63, 3.8) is 0 Å². The molecule has 0 rings (SSSR count). The topological polar surface area (TPSA) is 95.9 Å². The van der Waals surface area contributed by atoms with Crippen LogP contribution in [-0.4, -0.2) is 47.4 Å². The third kappa shape index (κ3) is 55.0. The highest BCUT2D eigenvalue weighted by molar-refractivity contribution is 5.76. The van der Waals surface area contributed by atoms with Crippen molar-refractivity contribution >= 4 is 11.9 Å². The maximum absolute atomic E-state index is 12.4. The van der Waals surface area contributed by atoms with Crippen LogP contribution in [0.25, 0.3) is 0 Å². The second-order valence-corrected chi connectivity index (χ2v) is 20.7. The summed E-state index contributed by atoms with van der Waals surface area (Å²) in [4.78, 5) is 24.5. The number of carbonyl (C=O) groups is 2. The number of ether oxygens (including phenoxy) is 1. The summed E-state index contributed by atoms with van der Waals surface area (Å²) >= 11 is 0. The molecule has 0 heterocycles. The van der Waals surface area contributed by atoms with Crippen molar-refractivity contribution in [3.05, 3.63) is 48.6 Å². The van der Waals surface area contributed by atoms with Gasteiger partial charge in [0.25, 0.3) is 0 Å². The molecule has 404 valence electrons. The highest BCUT2D eigenvalue weighted by Crippen LogP contribution is 2.16. The van der Waals surface area contributed by atoms with Crippen molar-refractivity contribution < 1.29 is 24.5 Å². The van der Waals surface area contributed by atoms with Crippen LogP contribution in [0.5, 0.6) is 0 Å². The van der Waals surface area contributed by atoms with E-state index in [-0.39, 0.29) is 18.5 Å². The van der Waals surface area contributed by atoms with E-state index in [9.17, 15) is 19.8 Å². The fourth-order valence-electron chi connectivity index (χ4n) is 9.13. The highest BCUT2D eigenvalue weighted by Gasteiger charge is 2.18. The van der Waals surface area contributed by atoms with Gasteiger partial charge in [-0.25, -0.2) is 0 Å². The van der Waals surface area contributed by atoms with Gasteiger partial charge in [-0.3, -0.25) is 9.59 Å². The summed E-state index contributed by atoms with van der Waals surface area (Å²) < 4.78 is 5.49. The van der Waals surface area contributed by atoms with Crippen LogP contribution < -0.4 is 5.32 Å². The average Bonchev–Trinajstić information content (AvgIpc) is 3.35. The molecular formula is C63H117NO5. The lowest BCUT2D eigenvalue weighted by Gasteiger charge is -2.20. The summed E-state index contributed by atoms with van der Waals surface area (Å²) in [5.41, 5.74) is 0. The zero-order valence-electron chi connectivity index (χ0n) is 46.0. The normalized spacial score (nSPS) is 12.9. The number of hydrogen-bond acceptors (Lipinski definition) is 5. The Hall–Kier alpha value is -2.18. The molecule has 1 amide bonds. The molecule has 69 heavy (non-hydrogen) atoms. The first kappa shape index (κ1) is 66.8. The van der Waals surface area contributed by atoms with Crippen LogP contribution in [0.1, 0.15) is 316 Å². The molecule has 0 fully saturated rings. The van der Waals surface area contributed by atoms with E-state index in [1.165, 1.54) is 231 Å². The number of unbranched alkanes of at least 4 members (excludes halogenated alkanes) is 39. The molecule has 2 atom stereocenters. The van der Waals surface area contributed by atoms with Crippen molar-refractivity contribution in [1.82, 2.24) is 5.32 Å². The van der Waals surface area contributed by atoms with Gasteiger partial charge in [0.05, 0.1) is 25.4 Å². The van der Waals surface area contributed by atoms with Gasteiger partial charge in [0.2, 0.25) is 5.91 Å². The van der Waals surface area contributed by atoms with E-state index < -0.39 is 12.1 Å². The lowest BCUT2D eigenvalue weighted by molar-refractivity contribution is -0.143. The number of allylic oxidation sites excluding steroid dienone is 7. The van der Waals surface area contributed by atoms with Gasteiger partial charge in [-0.05, 0) is 89.9 Å². The zero-order valence-corrected chi connectivity index (χ0v) is 46.0. The molecule has 6 nitrogen and oxygen atoms in total. The summed E-state index contributed by atoms with van der Waals surface area (Å²) in [6.07, 6.45) is 74.3. The number of esters is 1. The fourth-order valence-corrected chi connectivity index (χ4v) is 9.13. The molecule has 0 aliphatic heterocycles. The Morgan fingerprint density at radius 2 is 0.725 bits per heavy atom. The molecule has 3 N–H and O–H groups in total. The van der Waals surface area contributed by atoms with Crippen molar-refractivity contribution in [1.29, 1.82) is 0 Å². The minimum absolute atomic E-state index is 0.00315. The number of aliphatic hydroxyl groups is 2. The molecule has 0 saturated heterocycles. The first-order valence-electron chi connectivity index (χ1n) is 30.4. The molecule has 0 aromatic rings. The van der Waals surface area contributed by atoms with Crippen LogP contribution in [0.3, 0.4) is 0 Å². The Bertz CT molecular complexity index is 1160. The predicted octanol–water partition coefficient (Wildman–Crippen LogP) is 19.0. The number of nitrogens with one attached hydrogen (secondary N) is 1. The van der Waals surface area contributed by atoms with Gasteiger partial charge in [0.1, 0.15) is 0 Å². The Morgan fingerprint density at radius 3 is 1.13 bits per heavy atom. The number of hydrogen-bond donors (Lipinski definition) is 3. The molecule has 0 aliphatic carbocycles. The van der Waals surface area contributed by atoms with E-state index in [4.69, 9.17) is 4.74 Å². The molecule has 0 bridgehead atoms. The Kier molecular flexibility index (Phi) is 56.5. The Morgan fingerprint density at radius 1 is 0.406 bits per heavy atom. The van der Waals surface area contributed by atoms with E-state index in [0.717, 1.165) is 57.8 Å². The van der Waals surface area contributed by atoms with Crippen LogP contribution in [0.2, 0.25) is 0 Å². The van der Waals surface area contributed by atoms with Gasteiger partial charge in [0, 0.05) is 12.8 Å². The second kappa shape index (κ2) is 58.4. The zero-order chi connectivity index (χ0) is 50.0. The molecule has 2 unspecified atom stereocenters. The summed E-state index contributed by atoms with van der Waals surface area (Å²) in [6.45, 7) is 4.87. The highest BCUT2D eigenvalue weighted by atomic mass is 16.5. The van der Waals surface area contributed by atoms with Gasteiger partial charge < -0.3 is 20.3 Å². The molecule has 0 aromatic heterocycles. The molecule has 0 saturated carbocycles. The molecule has 0 radical (unpaired) electrons. The minimum atomic E-state index is -0.847. The molecule has 6 heteroatoms. The molecular weight excluding hydrogens is 851 g/mol. The van der Waals surface area contributed by atoms with Crippen LogP contribution in [0.15, 0.2) is 48.6 Å². The van der Waals surface area contributed by atoms with E-state index in [1.54, 1.807) is 6.08 Å². The monoisotopic (exact) mass is 968 g/mol. The summed E-state index contributed by atoms with van der Waals surface area (Å²) in [5, 5.41) is 23.0. The van der Waals surface area contributed by atoms with Gasteiger partial charge in [-0.1, -0.05) is 262 Å². The predicted molar refractivity (Wildman–Crippen MR) is 301 cm³/mol. The fraction of sp³-hybridized carbons (Fsp3) is 0.841. The van der Waals surface area contributed by atoms with E-state index in [0.29, 0.717) is 19.4 Å². The Balaban J connectivity index is 3.41. The van der Waals surface area contributed by atoms with E-state index in [1.807, 2.05) is 6.08 Å². The molecule has 0 aliphatic rings. The largest absolute Gasteiger partial charge is 0.466 e. The van der Waals surface area contributed by atoms with Crippen molar-refractivity contribution in [2.75, 3.05) is 13.2 Å². The lowest BCUT2D eigenvalue weighted by Crippen LogP contribution is -2.45. The summed E-state index contributed by atoms with van der Waals surface area (Å²) in [7, 11) is 0. The third-order valence-corrected chi connectivity index (χ3v) is 13.8. The smallest absolute Gasteiger partial charge is 0.305 e. The van der Waals surface area contributed by atoms with Gasteiger partial charge in [-0.2, -0.15) is 0 Å². The number of rotatable bonds is 56.